The Morgan fingerprint density at radius 3 is 2.39 bits per heavy atom. The summed E-state index contributed by atoms with van der Waals surface area (Å²) in [7, 11) is 0. The number of nitrogens with one attached hydrogen (secondary N) is 1. The van der Waals surface area contributed by atoms with Gasteiger partial charge < -0.3 is 15.1 Å². The van der Waals surface area contributed by atoms with Gasteiger partial charge in [-0.1, -0.05) is 24.3 Å². The standard InChI is InChI=1S/C27H26N6O3/c1-19-29-23-8-4-2-6-21(23)27(36)33(19)18-25(34)32-16-14-31(15-17-32)24-9-5-3-7-22(24)26(35)30-20-10-12-28-13-11-20/h2-13H,14-18H2,1H3,(H,28,30,35). The average molecular weight is 483 g/mol. The summed E-state index contributed by atoms with van der Waals surface area (Å²) in [6.45, 7) is 3.84. The van der Waals surface area contributed by atoms with E-state index in [4.69, 9.17) is 0 Å². The SMILES string of the molecule is Cc1nc2ccccc2c(=O)n1CC(=O)N1CCN(c2ccccc2C(=O)Nc2ccncc2)CC1. The van der Waals surface area contributed by atoms with Gasteiger partial charge in [0.2, 0.25) is 5.91 Å². The third-order valence-electron chi connectivity index (χ3n) is 6.41. The molecule has 5 rings (SSSR count). The molecule has 0 aliphatic carbocycles. The lowest BCUT2D eigenvalue weighted by Crippen LogP contribution is -2.50. The third kappa shape index (κ3) is 4.68. The van der Waals surface area contributed by atoms with E-state index in [0.29, 0.717) is 54.2 Å². The maximum atomic E-state index is 13.1. The Morgan fingerprint density at radius 2 is 1.61 bits per heavy atom. The fourth-order valence-corrected chi connectivity index (χ4v) is 4.47. The molecule has 1 saturated heterocycles. The first-order chi connectivity index (χ1) is 17.5. The van der Waals surface area contributed by atoms with Gasteiger partial charge in [-0.3, -0.25) is 23.9 Å². The highest BCUT2D eigenvalue weighted by atomic mass is 16.2. The van der Waals surface area contributed by atoms with Gasteiger partial charge >= 0.3 is 0 Å². The molecule has 3 heterocycles. The van der Waals surface area contributed by atoms with Crippen LogP contribution >= 0.6 is 0 Å². The second-order valence-corrected chi connectivity index (χ2v) is 8.64. The van der Waals surface area contributed by atoms with Gasteiger partial charge in [0.15, 0.2) is 0 Å². The molecule has 182 valence electrons. The molecule has 0 radical (unpaired) electrons. The first-order valence-electron chi connectivity index (χ1n) is 11.8. The number of para-hydroxylation sites is 2. The van der Waals surface area contributed by atoms with Crippen molar-refractivity contribution in [2.24, 2.45) is 0 Å². The Kier molecular flexibility index (Phi) is 6.44. The van der Waals surface area contributed by atoms with Crippen molar-refractivity contribution in [3.8, 4) is 0 Å². The zero-order valence-electron chi connectivity index (χ0n) is 19.9. The van der Waals surface area contributed by atoms with Gasteiger partial charge in [0.1, 0.15) is 12.4 Å². The normalized spacial score (nSPS) is 13.6. The highest BCUT2D eigenvalue weighted by Gasteiger charge is 2.25. The Hall–Kier alpha value is -4.53. The molecular formula is C27H26N6O3. The first-order valence-corrected chi connectivity index (χ1v) is 11.8. The summed E-state index contributed by atoms with van der Waals surface area (Å²) in [5.41, 5.74) is 2.48. The molecule has 1 fully saturated rings. The molecule has 1 aliphatic heterocycles. The van der Waals surface area contributed by atoms with Crippen molar-refractivity contribution in [1.82, 2.24) is 19.4 Å². The molecule has 0 spiro atoms. The van der Waals surface area contributed by atoms with Crippen LogP contribution in [-0.4, -0.2) is 57.4 Å². The highest BCUT2D eigenvalue weighted by molar-refractivity contribution is 6.08. The zero-order chi connectivity index (χ0) is 25.1. The van der Waals surface area contributed by atoms with Crippen molar-refractivity contribution < 1.29 is 9.59 Å². The summed E-state index contributed by atoms with van der Waals surface area (Å²) in [5.74, 6) is 0.189. The van der Waals surface area contributed by atoms with Crippen molar-refractivity contribution in [3.05, 3.63) is 94.8 Å². The monoisotopic (exact) mass is 482 g/mol. The second kappa shape index (κ2) is 9.99. The number of rotatable bonds is 5. The maximum Gasteiger partial charge on any atom is 0.261 e. The van der Waals surface area contributed by atoms with Gasteiger partial charge in [-0.2, -0.15) is 0 Å². The minimum atomic E-state index is -0.209. The van der Waals surface area contributed by atoms with Crippen LogP contribution in [-0.2, 0) is 11.3 Å². The van der Waals surface area contributed by atoms with Crippen molar-refractivity contribution in [2.75, 3.05) is 36.4 Å². The number of piperazine rings is 1. The summed E-state index contributed by atoms with van der Waals surface area (Å²) in [5, 5.41) is 3.41. The molecular weight excluding hydrogens is 456 g/mol. The minimum Gasteiger partial charge on any atom is -0.367 e. The van der Waals surface area contributed by atoms with Crippen LogP contribution in [0, 0.1) is 6.92 Å². The molecule has 0 bridgehead atoms. The van der Waals surface area contributed by atoms with E-state index in [2.05, 4.69) is 20.2 Å². The molecule has 36 heavy (non-hydrogen) atoms. The number of carbonyl (C=O) groups is 2. The van der Waals surface area contributed by atoms with Crippen LogP contribution in [0.15, 0.2) is 77.9 Å². The van der Waals surface area contributed by atoms with E-state index >= 15 is 0 Å². The number of hydrogen-bond donors (Lipinski definition) is 1. The highest BCUT2D eigenvalue weighted by Crippen LogP contribution is 2.23. The summed E-state index contributed by atoms with van der Waals surface area (Å²) in [6.07, 6.45) is 3.25. The topological polar surface area (TPSA) is 100 Å². The Balaban J connectivity index is 1.27. The van der Waals surface area contributed by atoms with Gasteiger partial charge in [-0.15, -0.1) is 0 Å². The summed E-state index contributed by atoms with van der Waals surface area (Å²) < 4.78 is 1.44. The van der Waals surface area contributed by atoms with Crippen molar-refractivity contribution >= 4 is 34.1 Å². The van der Waals surface area contributed by atoms with E-state index < -0.39 is 0 Å². The van der Waals surface area contributed by atoms with E-state index in [1.54, 1.807) is 60.6 Å². The van der Waals surface area contributed by atoms with Crippen LogP contribution in [0.5, 0.6) is 0 Å². The Labute approximate surface area is 208 Å². The van der Waals surface area contributed by atoms with Gasteiger partial charge in [0.25, 0.3) is 11.5 Å². The molecule has 4 aromatic rings. The average Bonchev–Trinajstić information content (AvgIpc) is 2.91. The van der Waals surface area contributed by atoms with Crippen LogP contribution < -0.4 is 15.8 Å². The fraction of sp³-hybridized carbons (Fsp3) is 0.222. The lowest BCUT2D eigenvalue weighted by molar-refractivity contribution is -0.132. The molecule has 2 aromatic carbocycles. The van der Waals surface area contributed by atoms with Crippen LogP contribution in [0.2, 0.25) is 0 Å². The van der Waals surface area contributed by atoms with Crippen molar-refractivity contribution in [3.63, 3.8) is 0 Å². The molecule has 1 aliphatic rings. The Morgan fingerprint density at radius 1 is 0.917 bits per heavy atom. The number of benzene rings is 2. The second-order valence-electron chi connectivity index (χ2n) is 8.64. The van der Waals surface area contributed by atoms with Crippen molar-refractivity contribution in [2.45, 2.75) is 13.5 Å². The van der Waals surface area contributed by atoms with E-state index in [0.717, 1.165) is 5.69 Å². The first kappa shape index (κ1) is 23.2. The number of carbonyl (C=O) groups excluding carboxylic acids is 2. The molecule has 1 N–H and O–H groups in total. The van der Waals surface area contributed by atoms with Crippen LogP contribution in [0.25, 0.3) is 10.9 Å². The molecule has 0 saturated carbocycles. The number of nitrogens with zero attached hydrogens (tertiary/aromatic N) is 5. The van der Waals surface area contributed by atoms with Crippen LogP contribution in [0.3, 0.4) is 0 Å². The molecule has 2 amide bonds. The quantitative estimate of drug-likeness (QED) is 0.470. The zero-order valence-corrected chi connectivity index (χ0v) is 19.9. The van der Waals surface area contributed by atoms with E-state index in [9.17, 15) is 14.4 Å². The summed E-state index contributed by atoms with van der Waals surface area (Å²) >= 11 is 0. The number of fused-ring (bicyclic) bond motifs is 1. The van der Waals surface area contributed by atoms with Gasteiger partial charge in [0, 0.05) is 49.9 Å². The lowest BCUT2D eigenvalue weighted by Gasteiger charge is -2.37. The number of aryl methyl sites for hydroxylation is 1. The number of hydrogen-bond acceptors (Lipinski definition) is 6. The third-order valence-corrected chi connectivity index (χ3v) is 6.41. The van der Waals surface area contributed by atoms with Gasteiger partial charge in [-0.05, 0) is 43.3 Å². The fourth-order valence-electron chi connectivity index (χ4n) is 4.47. The van der Waals surface area contributed by atoms with E-state index in [-0.39, 0.29) is 23.9 Å². The number of aromatic nitrogens is 3. The molecule has 9 heteroatoms. The van der Waals surface area contributed by atoms with E-state index in [1.165, 1.54) is 4.57 Å². The summed E-state index contributed by atoms with van der Waals surface area (Å²) in [4.78, 5) is 51.3. The predicted octanol–water partition coefficient (Wildman–Crippen LogP) is 2.70. The van der Waals surface area contributed by atoms with Gasteiger partial charge in [-0.25, -0.2) is 4.98 Å². The number of amides is 2. The minimum absolute atomic E-state index is 0.0482. The largest absolute Gasteiger partial charge is 0.367 e. The number of pyridine rings is 1. The van der Waals surface area contributed by atoms with Crippen LogP contribution in [0.1, 0.15) is 16.2 Å². The molecule has 0 atom stereocenters. The van der Waals surface area contributed by atoms with Crippen molar-refractivity contribution in [1.29, 1.82) is 0 Å². The summed E-state index contributed by atoms with van der Waals surface area (Å²) in [6, 6.07) is 18.1. The van der Waals surface area contributed by atoms with Crippen LogP contribution in [0.4, 0.5) is 11.4 Å². The molecule has 0 unspecified atom stereocenters. The predicted molar refractivity (Wildman–Crippen MR) is 138 cm³/mol. The smallest absolute Gasteiger partial charge is 0.261 e. The maximum absolute atomic E-state index is 13.1. The molecule has 2 aromatic heterocycles. The number of anilines is 2. The Bertz CT molecular complexity index is 1480. The van der Waals surface area contributed by atoms with E-state index in [1.807, 2.05) is 24.3 Å². The molecule has 9 nitrogen and oxygen atoms in total. The van der Waals surface area contributed by atoms with Gasteiger partial charge in [0.05, 0.1) is 16.5 Å². The lowest BCUT2D eigenvalue weighted by atomic mass is 10.1.